The topological polar surface area (TPSA) is 69.0 Å². The normalized spacial score (nSPS) is 13.3. The van der Waals surface area contributed by atoms with Gasteiger partial charge in [-0.25, -0.2) is 4.79 Å². The number of hydrogen-bond acceptors (Lipinski definition) is 5. The Bertz CT molecular complexity index is 1080. The van der Waals surface area contributed by atoms with Crippen LogP contribution < -0.4 is 15.1 Å². The molecule has 1 aromatic heterocycles. The monoisotopic (exact) mass is 393 g/mol. The van der Waals surface area contributed by atoms with Gasteiger partial charge in [-0.15, -0.1) is 0 Å². The van der Waals surface area contributed by atoms with Crippen molar-refractivity contribution >= 4 is 16.9 Å². The molecule has 6 nitrogen and oxygen atoms in total. The number of fused-ring (bicyclic) bond motifs is 1. The maximum absolute atomic E-state index is 12.8. The minimum Gasteiger partial charge on any atom is -0.497 e. The lowest BCUT2D eigenvalue weighted by molar-refractivity contribution is -0.134. The van der Waals surface area contributed by atoms with Crippen molar-refractivity contribution in [1.29, 1.82) is 0 Å². The Morgan fingerprint density at radius 1 is 1.10 bits per heavy atom. The van der Waals surface area contributed by atoms with Gasteiger partial charge in [0, 0.05) is 30.1 Å². The Morgan fingerprint density at radius 2 is 1.83 bits per heavy atom. The van der Waals surface area contributed by atoms with Crippen molar-refractivity contribution < 1.29 is 18.7 Å². The van der Waals surface area contributed by atoms with E-state index in [0.717, 1.165) is 35.1 Å². The average molecular weight is 393 g/mol. The fraction of sp³-hybridized carbons (Fsp3) is 0.304. The Balaban J connectivity index is 1.44. The van der Waals surface area contributed by atoms with Crippen LogP contribution in [0.25, 0.3) is 11.0 Å². The van der Waals surface area contributed by atoms with Crippen LogP contribution in [0.5, 0.6) is 11.5 Å². The van der Waals surface area contributed by atoms with Gasteiger partial charge in [-0.2, -0.15) is 0 Å². The van der Waals surface area contributed by atoms with Gasteiger partial charge in [-0.05, 0) is 55.2 Å². The summed E-state index contributed by atoms with van der Waals surface area (Å²) in [6, 6.07) is 14.7. The molecule has 150 valence electrons. The zero-order valence-corrected chi connectivity index (χ0v) is 16.5. The van der Waals surface area contributed by atoms with Gasteiger partial charge in [0.2, 0.25) is 0 Å². The summed E-state index contributed by atoms with van der Waals surface area (Å²) in [6.07, 6.45) is 2.03. The van der Waals surface area contributed by atoms with E-state index in [1.54, 1.807) is 19.2 Å². The molecule has 0 atom stereocenters. The van der Waals surface area contributed by atoms with Crippen molar-refractivity contribution in [3.8, 4) is 11.5 Å². The lowest BCUT2D eigenvalue weighted by atomic mass is 10.1. The predicted octanol–water partition coefficient (Wildman–Crippen LogP) is 3.68. The van der Waals surface area contributed by atoms with Crippen molar-refractivity contribution in [1.82, 2.24) is 4.90 Å². The second-order valence-electron chi connectivity index (χ2n) is 7.30. The molecule has 6 heteroatoms. The molecule has 29 heavy (non-hydrogen) atoms. The molecule has 1 aliphatic carbocycles. The van der Waals surface area contributed by atoms with Crippen LogP contribution in [0.2, 0.25) is 0 Å². The summed E-state index contributed by atoms with van der Waals surface area (Å²) in [5, 5.41) is 0.849. The summed E-state index contributed by atoms with van der Waals surface area (Å²) in [7, 11) is 1.63. The molecule has 1 aliphatic rings. The van der Waals surface area contributed by atoms with Crippen LogP contribution in [0.15, 0.2) is 57.7 Å². The van der Waals surface area contributed by atoms with Crippen molar-refractivity contribution in [3.63, 3.8) is 0 Å². The van der Waals surface area contributed by atoms with E-state index in [2.05, 4.69) is 0 Å². The summed E-state index contributed by atoms with van der Waals surface area (Å²) in [6.45, 7) is 2.34. The number of nitrogens with zero attached hydrogens (tertiary/aromatic N) is 1. The van der Waals surface area contributed by atoms with Gasteiger partial charge in [0.25, 0.3) is 5.91 Å². The largest absolute Gasteiger partial charge is 0.497 e. The van der Waals surface area contributed by atoms with Crippen LogP contribution in [-0.4, -0.2) is 30.6 Å². The highest BCUT2D eigenvalue weighted by Crippen LogP contribution is 2.29. The van der Waals surface area contributed by atoms with Gasteiger partial charge >= 0.3 is 5.63 Å². The maximum Gasteiger partial charge on any atom is 0.336 e. The number of aryl methyl sites for hydroxylation is 1. The highest BCUT2D eigenvalue weighted by Gasteiger charge is 2.32. The van der Waals surface area contributed by atoms with E-state index in [1.807, 2.05) is 42.2 Å². The molecule has 1 fully saturated rings. The van der Waals surface area contributed by atoms with Crippen LogP contribution in [0, 0.1) is 6.92 Å². The molecule has 0 bridgehead atoms. The maximum atomic E-state index is 12.8. The fourth-order valence-electron chi connectivity index (χ4n) is 3.36. The minimum atomic E-state index is -0.400. The summed E-state index contributed by atoms with van der Waals surface area (Å²) in [5.74, 6) is 1.23. The minimum absolute atomic E-state index is 0.0610. The van der Waals surface area contributed by atoms with Gasteiger partial charge in [-0.3, -0.25) is 4.79 Å². The van der Waals surface area contributed by atoms with E-state index in [1.165, 1.54) is 6.07 Å². The van der Waals surface area contributed by atoms with Crippen molar-refractivity contribution in [2.24, 2.45) is 0 Å². The van der Waals surface area contributed by atoms with Crippen molar-refractivity contribution in [2.75, 3.05) is 13.7 Å². The van der Waals surface area contributed by atoms with Gasteiger partial charge < -0.3 is 18.8 Å². The molecule has 0 radical (unpaired) electrons. The Hall–Kier alpha value is -3.28. The first-order chi connectivity index (χ1) is 14.0. The van der Waals surface area contributed by atoms with Crippen LogP contribution >= 0.6 is 0 Å². The van der Waals surface area contributed by atoms with Crippen LogP contribution in [0.4, 0.5) is 0 Å². The molecular formula is C23H23NO5. The molecule has 2 aromatic carbocycles. The zero-order chi connectivity index (χ0) is 20.4. The van der Waals surface area contributed by atoms with Crippen molar-refractivity contribution in [2.45, 2.75) is 32.4 Å². The average Bonchev–Trinajstić information content (AvgIpc) is 3.55. The number of carbonyl (C=O) groups is 1. The Morgan fingerprint density at radius 3 is 2.52 bits per heavy atom. The molecular weight excluding hydrogens is 370 g/mol. The first kappa shape index (κ1) is 19.1. The Kier molecular flexibility index (Phi) is 5.25. The van der Waals surface area contributed by atoms with E-state index in [-0.39, 0.29) is 18.6 Å². The second kappa shape index (κ2) is 7.99. The lowest BCUT2D eigenvalue weighted by Gasteiger charge is -2.23. The van der Waals surface area contributed by atoms with Crippen LogP contribution in [0.3, 0.4) is 0 Å². The third-order valence-corrected chi connectivity index (χ3v) is 5.11. The van der Waals surface area contributed by atoms with E-state index in [9.17, 15) is 9.59 Å². The smallest absolute Gasteiger partial charge is 0.336 e. The first-order valence-electron chi connectivity index (χ1n) is 9.63. The SMILES string of the molecule is COc1ccc(CN(C(=O)COc2ccc3c(C)cc(=O)oc3c2)C2CC2)cc1. The molecule has 3 aromatic rings. The molecule has 0 N–H and O–H groups in total. The number of carbonyl (C=O) groups excluding carboxylic acids is 1. The highest BCUT2D eigenvalue weighted by atomic mass is 16.5. The summed E-state index contributed by atoms with van der Waals surface area (Å²) >= 11 is 0. The van der Waals surface area contributed by atoms with E-state index < -0.39 is 5.63 Å². The predicted molar refractivity (Wildman–Crippen MR) is 109 cm³/mol. The van der Waals surface area contributed by atoms with Gasteiger partial charge in [0.15, 0.2) is 6.61 Å². The zero-order valence-electron chi connectivity index (χ0n) is 16.5. The fourth-order valence-corrected chi connectivity index (χ4v) is 3.36. The molecule has 0 spiro atoms. The second-order valence-corrected chi connectivity index (χ2v) is 7.30. The number of ether oxygens (including phenoxy) is 2. The Labute approximate surface area is 168 Å². The molecule has 0 saturated heterocycles. The first-order valence-corrected chi connectivity index (χ1v) is 9.63. The molecule has 0 unspecified atom stereocenters. The van der Waals surface area contributed by atoms with Gasteiger partial charge in [-0.1, -0.05) is 12.1 Å². The number of methoxy groups -OCH3 is 1. The summed E-state index contributed by atoms with van der Waals surface area (Å²) < 4.78 is 16.1. The molecule has 1 heterocycles. The molecule has 1 amide bonds. The number of amides is 1. The van der Waals surface area contributed by atoms with E-state index in [0.29, 0.717) is 17.9 Å². The third-order valence-electron chi connectivity index (χ3n) is 5.11. The van der Waals surface area contributed by atoms with Crippen LogP contribution in [-0.2, 0) is 11.3 Å². The van der Waals surface area contributed by atoms with Crippen molar-refractivity contribution in [3.05, 3.63) is 70.1 Å². The standard InChI is InChI=1S/C23H23NO5/c1-15-11-23(26)29-21-12-19(9-10-20(15)21)28-14-22(25)24(17-5-6-17)13-16-3-7-18(27-2)8-4-16/h3-4,7-12,17H,5-6,13-14H2,1-2H3. The van der Waals surface area contributed by atoms with E-state index >= 15 is 0 Å². The number of benzene rings is 2. The summed E-state index contributed by atoms with van der Waals surface area (Å²) in [5.41, 5.74) is 1.95. The highest BCUT2D eigenvalue weighted by molar-refractivity contribution is 5.82. The summed E-state index contributed by atoms with van der Waals surface area (Å²) in [4.78, 5) is 26.3. The van der Waals surface area contributed by atoms with E-state index in [4.69, 9.17) is 13.9 Å². The van der Waals surface area contributed by atoms with Crippen LogP contribution in [0.1, 0.15) is 24.0 Å². The number of hydrogen-bond donors (Lipinski definition) is 0. The third kappa shape index (κ3) is 4.42. The molecule has 4 rings (SSSR count). The van der Waals surface area contributed by atoms with Gasteiger partial charge in [0.05, 0.1) is 7.11 Å². The number of rotatable bonds is 7. The molecule has 0 aliphatic heterocycles. The van der Waals surface area contributed by atoms with Gasteiger partial charge in [0.1, 0.15) is 17.1 Å². The molecule has 1 saturated carbocycles. The lowest BCUT2D eigenvalue weighted by Crippen LogP contribution is -2.36. The quantitative estimate of drug-likeness (QED) is 0.573.